The van der Waals surface area contributed by atoms with E-state index in [-0.39, 0.29) is 23.8 Å². The van der Waals surface area contributed by atoms with Gasteiger partial charge in [-0.3, -0.25) is 14.5 Å². The van der Waals surface area contributed by atoms with E-state index in [1.807, 2.05) is 17.1 Å². The van der Waals surface area contributed by atoms with Gasteiger partial charge < -0.3 is 15.5 Å². The number of nitrogens with two attached hydrogens (primary N) is 1. The van der Waals surface area contributed by atoms with Gasteiger partial charge >= 0.3 is 0 Å². The maximum atomic E-state index is 12.3. The molecule has 2 rings (SSSR count). The van der Waals surface area contributed by atoms with Crippen LogP contribution in [-0.4, -0.2) is 79.4 Å². The van der Waals surface area contributed by atoms with Crippen molar-refractivity contribution in [3.63, 3.8) is 0 Å². The lowest BCUT2D eigenvalue weighted by atomic mass is 10.1. The predicted octanol–water partition coefficient (Wildman–Crippen LogP) is -0.878. The summed E-state index contributed by atoms with van der Waals surface area (Å²) in [7, 11) is 3.52. The lowest BCUT2D eigenvalue weighted by molar-refractivity contribution is -0.136. The van der Waals surface area contributed by atoms with Crippen LogP contribution in [-0.2, 0) is 9.59 Å². The fraction of sp³-hybridized carbons (Fsp3) is 0.714. The quantitative estimate of drug-likeness (QED) is 0.682. The van der Waals surface area contributed by atoms with Crippen molar-refractivity contribution < 1.29 is 9.59 Å². The molecule has 2 aliphatic rings. The molecular formula is C14H24N4O2. The highest BCUT2D eigenvalue weighted by atomic mass is 16.2. The van der Waals surface area contributed by atoms with Gasteiger partial charge in [-0.1, -0.05) is 12.2 Å². The molecule has 6 nitrogen and oxygen atoms in total. The number of hydrogen-bond acceptors (Lipinski definition) is 4. The molecule has 2 N–H and O–H groups in total. The third kappa shape index (κ3) is 3.58. The average molecular weight is 280 g/mol. The molecule has 0 aromatic heterocycles. The summed E-state index contributed by atoms with van der Waals surface area (Å²) in [6.07, 6.45) is 4.56. The van der Waals surface area contributed by atoms with Crippen LogP contribution in [0, 0.1) is 5.92 Å². The van der Waals surface area contributed by atoms with Gasteiger partial charge in [0.05, 0.1) is 12.5 Å². The smallest absolute Gasteiger partial charge is 0.236 e. The van der Waals surface area contributed by atoms with Gasteiger partial charge in [0, 0.05) is 46.3 Å². The molecule has 1 fully saturated rings. The minimum Gasteiger partial charge on any atom is -0.348 e. The minimum atomic E-state index is -0.0556. The number of carbonyl (C=O) groups is 2. The van der Waals surface area contributed by atoms with Crippen LogP contribution in [0.1, 0.15) is 6.42 Å². The van der Waals surface area contributed by atoms with Gasteiger partial charge in [-0.15, -0.1) is 0 Å². The third-order valence-corrected chi connectivity index (χ3v) is 3.98. The number of carbonyl (C=O) groups excluding carboxylic acids is 2. The van der Waals surface area contributed by atoms with Crippen molar-refractivity contribution in [3.8, 4) is 0 Å². The van der Waals surface area contributed by atoms with Crippen molar-refractivity contribution in [3.05, 3.63) is 12.2 Å². The molecule has 0 aromatic carbocycles. The number of likely N-dealkylation sites (N-methyl/N-ethyl adjacent to an activating group) is 1. The SMILES string of the molecule is CN(C)C(=O)CN1CCN(C(=O)C2C=CC(N)C2)CC1. The summed E-state index contributed by atoms with van der Waals surface area (Å²) >= 11 is 0. The summed E-state index contributed by atoms with van der Waals surface area (Å²) in [4.78, 5) is 29.6. The van der Waals surface area contributed by atoms with Crippen LogP contribution in [0.3, 0.4) is 0 Å². The van der Waals surface area contributed by atoms with E-state index in [0.29, 0.717) is 19.6 Å². The first-order valence-corrected chi connectivity index (χ1v) is 7.12. The normalized spacial score (nSPS) is 26.9. The minimum absolute atomic E-state index is 0.0166. The molecule has 1 saturated heterocycles. The molecule has 0 aromatic rings. The molecule has 112 valence electrons. The van der Waals surface area contributed by atoms with E-state index in [2.05, 4.69) is 4.90 Å². The summed E-state index contributed by atoms with van der Waals surface area (Å²) < 4.78 is 0. The van der Waals surface area contributed by atoms with Gasteiger partial charge in [0.1, 0.15) is 0 Å². The molecule has 2 amide bonds. The van der Waals surface area contributed by atoms with E-state index >= 15 is 0 Å². The predicted molar refractivity (Wildman–Crippen MR) is 76.9 cm³/mol. The lowest BCUT2D eigenvalue weighted by Crippen LogP contribution is -2.52. The van der Waals surface area contributed by atoms with Crippen molar-refractivity contribution in [2.75, 3.05) is 46.8 Å². The number of nitrogens with zero attached hydrogens (tertiary/aromatic N) is 3. The molecule has 6 heteroatoms. The van der Waals surface area contributed by atoms with E-state index in [1.165, 1.54) is 0 Å². The molecule has 20 heavy (non-hydrogen) atoms. The molecule has 2 unspecified atom stereocenters. The van der Waals surface area contributed by atoms with Crippen molar-refractivity contribution in [2.24, 2.45) is 11.7 Å². The number of rotatable bonds is 3. The molecule has 0 saturated carbocycles. The Morgan fingerprint density at radius 1 is 1.20 bits per heavy atom. The van der Waals surface area contributed by atoms with E-state index in [4.69, 9.17) is 5.73 Å². The maximum absolute atomic E-state index is 12.3. The zero-order valence-electron chi connectivity index (χ0n) is 12.3. The fourth-order valence-corrected chi connectivity index (χ4v) is 2.60. The topological polar surface area (TPSA) is 69.9 Å². The first-order chi connectivity index (χ1) is 9.47. The van der Waals surface area contributed by atoms with Crippen molar-refractivity contribution in [1.29, 1.82) is 0 Å². The number of piperazine rings is 1. The first kappa shape index (κ1) is 15.0. The summed E-state index contributed by atoms with van der Waals surface area (Å²) in [5, 5.41) is 0. The van der Waals surface area contributed by atoms with Crippen LogP contribution in [0.15, 0.2) is 12.2 Å². The van der Waals surface area contributed by atoms with Crippen LogP contribution in [0.4, 0.5) is 0 Å². The molecule has 1 heterocycles. The van der Waals surface area contributed by atoms with E-state index < -0.39 is 0 Å². The number of amides is 2. The van der Waals surface area contributed by atoms with Crippen LogP contribution in [0.2, 0.25) is 0 Å². The van der Waals surface area contributed by atoms with Gasteiger partial charge in [0.25, 0.3) is 0 Å². The maximum Gasteiger partial charge on any atom is 0.236 e. The third-order valence-electron chi connectivity index (χ3n) is 3.98. The molecule has 1 aliphatic heterocycles. The Kier molecular flexibility index (Phi) is 4.77. The Labute approximate surface area is 120 Å². The van der Waals surface area contributed by atoms with Gasteiger partial charge in [-0.25, -0.2) is 0 Å². The summed E-state index contributed by atoms with van der Waals surface area (Å²) in [6, 6.07) is 0.0166. The Balaban J connectivity index is 1.78. The van der Waals surface area contributed by atoms with Crippen molar-refractivity contribution in [2.45, 2.75) is 12.5 Å². The Morgan fingerprint density at radius 3 is 2.35 bits per heavy atom. The van der Waals surface area contributed by atoms with Crippen LogP contribution in [0.25, 0.3) is 0 Å². The monoisotopic (exact) mass is 280 g/mol. The number of hydrogen-bond donors (Lipinski definition) is 1. The highest BCUT2D eigenvalue weighted by molar-refractivity contribution is 5.81. The second-order valence-electron chi connectivity index (χ2n) is 5.78. The lowest BCUT2D eigenvalue weighted by Gasteiger charge is -2.35. The second kappa shape index (κ2) is 6.37. The fourth-order valence-electron chi connectivity index (χ4n) is 2.60. The van der Waals surface area contributed by atoms with Crippen LogP contribution < -0.4 is 5.73 Å². The zero-order valence-corrected chi connectivity index (χ0v) is 12.3. The summed E-state index contributed by atoms with van der Waals surface area (Å²) in [5.41, 5.74) is 5.79. The highest BCUT2D eigenvalue weighted by Gasteiger charge is 2.29. The standard InChI is InChI=1S/C14H24N4O2/c1-16(2)13(19)10-17-5-7-18(8-6-17)14(20)11-3-4-12(15)9-11/h3-4,11-12H,5-10,15H2,1-2H3. The van der Waals surface area contributed by atoms with Gasteiger partial charge in [-0.05, 0) is 6.42 Å². The van der Waals surface area contributed by atoms with Gasteiger partial charge in [-0.2, -0.15) is 0 Å². The zero-order chi connectivity index (χ0) is 14.7. The van der Waals surface area contributed by atoms with Gasteiger partial charge in [0.2, 0.25) is 11.8 Å². The van der Waals surface area contributed by atoms with Crippen LogP contribution in [0.5, 0.6) is 0 Å². The molecule has 1 aliphatic carbocycles. The van der Waals surface area contributed by atoms with E-state index in [0.717, 1.165) is 19.5 Å². The molecular weight excluding hydrogens is 256 g/mol. The first-order valence-electron chi connectivity index (χ1n) is 7.12. The second-order valence-corrected chi connectivity index (χ2v) is 5.78. The van der Waals surface area contributed by atoms with Gasteiger partial charge in [0.15, 0.2) is 0 Å². The van der Waals surface area contributed by atoms with E-state index in [1.54, 1.807) is 19.0 Å². The van der Waals surface area contributed by atoms with Crippen molar-refractivity contribution >= 4 is 11.8 Å². The average Bonchev–Trinajstić information content (AvgIpc) is 2.85. The van der Waals surface area contributed by atoms with Crippen LogP contribution >= 0.6 is 0 Å². The van der Waals surface area contributed by atoms with Crippen molar-refractivity contribution in [1.82, 2.24) is 14.7 Å². The Morgan fingerprint density at radius 2 is 1.85 bits per heavy atom. The molecule has 0 radical (unpaired) electrons. The molecule has 2 atom stereocenters. The molecule has 0 bridgehead atoms. The summed E-state index contributed by atoms with van der Waals surface area (Å²) in [6.45, 7) is 3.34. The van der Waals surface area contributed by atoms with E-state index in [9.17, 15) is 9.59 Å². The molecule has 0 spiro atoms. The highest BCUT2D eigenvalue weighted by Crippen LogP contribution is 2.19. The largest absolute Gasteiger partial charge is 0.348 e. The Hall–Kier alpha value is -1.40. The Bertz CT molecular complexity index is 400. The summed E-state index contributed by atoms with van der Waals surface area (Å²) in [5.74, 6) is 0.224.